The molecule has 0 fully saturated rings. The number of fused-ring (bicyclic) bond motifs is 1. The van der Waals surface area contributed by atoms with Gasteiger partial charge in [-0.15, -0.1) is 0 Å². The van der Waals surface area contributed by atoms with E-state index in [2.05, 4.69) is 11.9 Å². The van der Waals surface area contributed by atoms with E-state index < -0.39 is 0 Å². The summed E-state index contributed by atoms with van der Waals surface area (Å²) < 4.78 is 0. The van der Waals surface area contributed by atoms with E-state index in [1.54, 1.807) is 6.20 Å². The van der Waals surface area contributed by atoms with Crippen molar-refractivity contribution in [2.24, 2.45) is 5.73 Å². The van der Waals surface area contributed by atoms with E-state index in [0.717, 1.165) is 29.6 Å². The molecule has 0 saturated heterocycles. The first kappa shape index (κ1) is 11.8. The molecule has 0 aliphatic heterocycles. The van der Waals surface area contributed by atoms with Crippen LogP contribution in [0.1, 0.15) is 13.3 Å². The number of pyridine rings is 1. The molecule has 2 N–H and O–H groups in total. The molecule has 0 unspecified atom stereocenters. The summed E-state index contributed by atoms with van der Waals surface area (Å²) in [4.78, 5) is 6.29. The van der Waals surface area contributed by atoms with E-state index in [0.29, 0.717) is 5.11 Å². The van der Waals surface area contributed by atoms with Crippen LogP contribution in [0.15, 0.2) is 36.5 Å². The maximum absolute atomic E-state index is 5.78. The molecular formula is C13H15N3S. The van der Waals surface area contributed by atoms with Crippen LogP contribution in [0.2, 0.25) is 0 Å². The predicted octanol–water partition coefficient (Wildman–Crippen LogP) is 2.69. The zero-order valence-corrected chi connectivity index (χ0v) is 10.6. The molecule has 3 nitrogen and oxygen atoms in total. The van der Waals surface area contributed by atoms with Crippen molar-refractivity contribution in [1.82, 2.24) is 4.98 Å². The van der Waals surface area contributed by atoms with Gasteiger partial charge in [-0.1, -0.05) is 13.0 Å². The fourth-order valence-electron chi connectivity index (χ4n) is 1.90. The van der Waals surface area contributed by atoms with Gasteiger partial charge in [-0.2, -0.15) is 0 Å². The Morgan fingerprint density at radius 1 is 1.35 bits per heavy atom. The summed E-state index contributed by atoms with van der Waals surface area (Å²) in [7, 11) is 0. The van der Waals surface area contributed by atoms with Crippen LogP contribution in [-0.2, 0) is 0 Å². The van der Waals surface area contributed by atoms with Crippen molar-refractivity contribution in [3.63, 3.8) is 0 Å². The monoisotopic (exact) mass is 245 g/mol. The minimum Gasteiger partial charge on any atom is -0.376 e. The summed E-state index contributed by atoms with van der Waals surface area (Å²) in [6, 6.07) is 9.96. The number of aromatic nitrogens is 1. The Bertz CT molecular complexity index is 534. The smallest absolute Gasteiger partial charge is 0.170 e. The van der Waals surface area contributed by atoms with E-state index in [9.17, 15) is 0 Å². The van der Waals surface area contributed by atoms with Crippen LogP contribution in [0.3, 0.4) is 0 Å². The first-order chi connectivity index (χ1) is 8.24. The highest BCUT2D eigenvalue weighted by atomic mass is 32.1. The molecular weight excluding hydrogens is 230 g/mol. The molecule has 2 aromatic rings. The largest absolute Gasteiger partial charge is 0.376 e. The summed E-state index contributed by atoms with van der Waals surface area (Å²) >= 11 is 5.11. The molecule has 0 saturated carbocycles. The highest BCUT2D eigenvalue weighted by Gasteiger charge is 2.11. The summed E-state index contributed by atoms with van der Waals surface area (Å²) in [5.74, 6) is 0. The highest BCUT2D eigenvalue weighted by molar-refractivity contribution is 7.80. The van der Waals surface area contributed by atoms with Gasteiger partial charge in [0.2, 0.25) is 0 Å². The van der Waals surface area contributed by atoms with E-state index in [1.165, 1.54) is 0 Å². The third kappa shape index (κ3) is 2.36. The molecule has 88 valence electrons. The van der Waals surface area contributed by atoms with Gasteiger partial charge in [0, 0.05) is 18.1 Å². The minimum atomic E-state index is 0.406. The van der Waals surface area contributed by atoms with Crippen LogP contribution >= 0.6 is 12.2 Å². The van der Waals surface area contributed by atoms with Crippen LogP contribution in [-0.4, -0.2) is 16.6 Å². The molecule has 0 aliphatic rings. The van der Waals surface area contributed by atoms with Gasteiger partial charge in [0.05, 0.1) is 11.2 Å². The number of nitrogens with zero attached hydrogens (tertiary/aromatic N) is 2. The maximum Gasteiger partial charge on any atom is 0.170 e. The molecule has 2 rings (SSSR count). The van der Waals surface area contributed by atoms with Crippen LogP contribution in [0.4, 0.5) is 5.69 Å². The second-order valence-corrected chi connectivity index (χ2v) is 4.26. The van der Waals surface area contributed by atoms with Crippen LogP contribution in [0, 0.1) is 0 Å². The SMILES string of the molecule is CCCN(C(N)=S)c1cccc2ncccc12. The molecule has 1 aromatic carbocycles. The van der Waals surface area contributed by atoms with Gasteiger partial charge in [0.25, 0.3) is 0 Å². The first-order valence-electron chi connectivity index (χ1n) is 5.64. The quantitative estimate of drug-likeness (QED) is 0.844. The molecule has 0 amide bonds. The van der Waals surface area contributed by atoms with Crippen molar-refractivity contribution in [1.29, 1.82) is 0 Å². The van der Waals surface area contributed by atoms with Gasteiger partial charge in [-0.05, 0) is 42.9 Å². The third-order valence-corrected chi connectivity index (χ3v) is 2.85. The Labute approximate surface area is 106 Å². The number of hydrogen-bond acceptors (Lipinski definition) is 2. The van der Waals surface area contributed by atoms with E-state index >= 15 is 0 Å². The first-order valence-corrected chi connectivity index (χ1v) is 6.05. The van der Waals surface area contributed by atoms with E-state index in [4.69, 9.17) is 18.0 Å². The molecule has 17 heavy (non-hydrogen) atoms. The maximum atomic E-state index is 5.78. The minimum absolute atomic E-state index is 0.406. The zero-order chi connectivity index (χ0) is 12.3. The molecule has 0 spiro atoms. The fraction of sp³-hybridized carbons (Fsp3) is 0.231. The third-order valence-electron chi connectivity index (χ3n) is 2.63. The Kier molecular flexibility index (Phi) is 3.54. The lowest BCUT2D eigenvalue weighted by molar-refractivity contribution is 0.907. The molecule has 0 bridgehead atoms. The number of thiocarbonyl (C=S) groups is 1. The lowest BCUT2D eigenvalue weighted by atomic mass is 10.1. The predicted molar refractivity (Wildman–Crippen MR) is 76.2 cm³/mol. The number of rotatable bonds is 3. The number of nitrogens with two attached hydrogens (primary N) is 1. The van der Waals surface area contributed by atoms with Gasteiger partial charge >= 0.3 is 0 Å². The van der Waals surface area contributed by atoms with Gasteiger partial charge in [-0.3, -0.25) is 4.98 Å². The summed E-state index contributed by atoms with van der Waals surface area (Å²) in [6.07, 6.45) is 2.78. The van der Waals surface area contributed by atoms with Crippen molar-refractivity contribution in [3.05, 3.63) is 36.5 Å². The fourth-order valence-corrected chi connectivity index (χ4v) is 2.09. The lowest BCUT2D eigenvalue weighted by Crippen LogP contribution is -2.36. The molecule has 1 heterocycles. The van der Waals surface area contributed by atoms with Gasteiger partial charge < -0.3 is 10.6 Å². The Balaban J connectivity index is 2.56. The lowest BCUT2D eigenvalue weighted by Gasteiger charge is -2.23. The number of hydrogen-bond donors (Lipinski definition) is 1. The zero-order valence-electron chi connectivity index (χ0n) is 9.76. The molecule has 0 aliphatic carbocycles. The standard InChI is InChI=1S/C13H15N3S/c1-2-9-16(13(14)17)12-7-3-6-11-10(12)5-4-8-15-11/h3-8H,2,9H2,1H3,(H2,14,17). The van der Waals surface area contributed by atoms with Crippen LogP contribution < -0.4 is 10.6 Å². The van der Waals surface area contributed by atoms with Crippen LogP contribution in [0.25, 0.3) is 10.9 Å². The summed E-state index contributed by atoms with van der Waals surface area (Å²) in [6.45, 7) is 2.93. The molecule has 0 atom stereocenters. The summed E-state index contributed by atoms with van der Waals surface area (Å²) in [5.41, 5.74) is 7.78. The van der Waals surface area contributed by atoms with Crippen molar-refractivity contribution in [2.75, 3.05) is 11.4 Å². The van der Waals surface area contributed by atoms with Gasteiger partial charge in [0.1, 0.15) is 0 Å². The van der Waals surface area contributed by atoms with Crippen LogP contribution in [0.5, 0.6) is 0 Å². The average Bonchev–Trinajstić information content (AvgIpc) is 2.35. The highest BCUT2D eigenvalue weighted by Crippen LogP contribution is 2.25. The van der Waals surface area contributed by atoms with E-state index in [1.807, 2.05) is 35.2 Å². The van der Waals surface area contributed by atoms with E-state index in [-0.39, 0.29) is 0 Å². The average molecular weight is 245 g/mol. The normalized spacial score (nSPS) is 10.4. The Hall–Kier alpha value is -1.68. The van der Waals surface area contributed by atoms with Gasteiger partial charge in [-0.25, -0.2) is 0 Å². The topological polar surface area (TPSA) is 42.1 Å². The van der Waals surface area contributed by atoms with Crippen molar-refractivity contribution >= 4 is 33.9 Å². The molecule has 0 radical (unpaired) electrons. The van der Waals surface area contributed by atoms with Crippen molar-refractivity contribution in [2.45, 2.75) is 13.3 Å². The van der Waals surface area contributed by atoms with Crippen molar-refractivity contribution < 1.29 is 0 Å². The molecule has 4 heteroatoms. The summed E-state index contributed by atoms with van der Waals surface area (Å²) in [5, 5.41) is 1.49. The Morgan fingerprint density at radius 2 is 2.18 bits per heavy atom. The number of anilines is 1. The van der Waals surface area contributed by atoms with Gasteiger partial charge in [0.15, 0.2) is 5.11 Å². The number of benzene rings is 1. The second-order valence-electron chi connectivity index (χ2n) is 3.84. The Morgan fingerprint density at radius 3 is 2.88 bits per heavy atom. The van der Waals surface area contributed by atoms with Crippen molar-refractivity contribution in [3.8, 4) is 0 Å². The molecule has 1 aromatic heterocycles. The second kappa shape index (κ2) is 5.10.